The first kappa shape index (κ1) is 9.47. The Hall–Kier alpha value is -0.750. The van der Waals surface area contributed by atoms with E-state index in [4.69, 9.17) is 11.6 Å². The molecule has 0 spiro atoms. The fraction of sp³-hybridized carbons (Fsp3) is 0.429. The molecule has 0 aromatic heterocycles. The van der Waals surface area contributed by atoms with Gasteiger partial charge in [-0.05, 0) is 35.8 Å². The molecule has 2 aliphatic rings. The normalized spacial score (nSPS) is 37.4. The van der Waals surface area contributed by atoms with E-state index in [1.807, 2.05) is 0 Å². The SMILES string of the molecule is C=CC1C2CCC(Cl)C1c1ccccc12. The highest BCUT2D eigenvalue weighted by molar-refractivity contribution is 6.21. The number of allylic oxidation sites excluding steroid dienone is 1. The number of fused-ring (bicyclic) bond motifs is 5. The summed E-state index contributed by atoms with van der Waals surface area (Å²) in [6, 6.07) is 8.79. The van der Waals surface area contributed by atoms with Crippen LogP contribution < -0.4 is 0 Å². The largest absolute Gasteiger partial charge is 0.122 e. The van der Waals surface area contributed by atoms with E-state index < -0.39 is 0 Å². The van der Waals surface area contributed by atoms with Crippen LogP contribution in [-0.2, 0) is 0 Å². The fourth-order valence-corrected chi connectivity index (χ4v) is 3.86. The van der Waals surface area contributed by atoms with Gasteiger partial charge in [-0.15, -0.1) is 18.2 Å². The van der Waals surface area contributed by atoms with Crippen LogP contribution in [0.1, 0.15) is 35.8 Å². The van der Waals surface area contributed by atoms with Crippen LogP contribution in [0.15, 0.2) is 36.9 Å². The zero-order chi connectivity index (χ0) is 10.4. The van der Waals surface area contributed by atoms with Crippen molar-refractivity contribution in [2.45, 2.75) is 30.1 Å². The van der Waals surface area contributed by atoms with Crippen molar-refractivity contribution >= 4 is 11.6 Å². The van der Waals surface area contributed by atoms with Crippen molar-refractivity contribution in [3.05, 3.63) is 48.0 Å². The average Bonchev–Trinajstić information content (AvgIpc) is 2.52. The third kappa shape index (κ3) is 1.21. The van der Waals surface area contributed by atoms with Gasteiger partial charge in [-0.25, -0.2) is 0 Å². The highest BCUT2D eigenvalue weighted by Crippen LogP contribution is 2.56. The Labute approximate surface area is 96.0 Å². The van der Waals surface area contributed by atoms with Gasteiger partial charge >= 0.3 is 0 Å². The number of hydrogen-bond acceptors (Lipinski definition) is 0. The van der Waals surface area contributed by atoms with Crippen molar-refractivity contribution < 1.29 is 0 Å². The van der Waals surface area contributed by atoms with Crippen LogP contribution in [0.25, 0.3) is 0 Å². The van der Waals surface area contributed by atoms with Gasteiger partial charge < -0.3 is 0 Å². The van der Waals surface area contributed by atoms with Gasteiger partial charge in [-0.1, -0.05) is 30.3 Å². The molecule has 1 aromatic carbocycles. The van der Waals surface area contributed by atoms with E-state index in [1.54, 1.807) is 0 Å². The lowest BCUT2D eigenvalue weighted by Crippen LogP contribution is -2.24. The zero-order valence-corrected chi connectivity index (χ0v) is 9.45. The zero-order valence-electron chi connectivity index (χ0n) is 8.70. The van der Waals surface area contributed by atoms with Gasteiger partial charge in [0.05, 0.1) is 0 Å². The molecule has 78 valence electrons. The second-order valence-electron chi connectivity index (χ2n) is 4.67. The monoisotopic (exact) mass is 218 g/mol. The molecule has 1 heteroatoms. The van der Waals surface area contributed by atoms with Crippen LogP contribution in [-0.4, -0.2) is 5.38 Å². The highest BCUT2D eigenvalue weighted by atomic mass is 35.5. The van der Waals surface area contributed by atoms with Crippen LogP contribution in [0.5, 0.6) is 0 Å². The number of alkyl halides is 1. The third-order valence-electron chi connectivity index (χ3n) is 4.05. The van der Waals surface area contributed by atoms with Gasteiger partial charge in [0, 0.05) is 11.3 Å². The van der Waals surface area contributed by atoms with Gasteiger partial charge in [0.25, 0.3) is 0 Å². The smallest absolute Gasteiger partial charge is 0.0410 e. The van der Waals surface area contributed by atoms with E-state index in [9.17, 15) is 0 Å². The summed E-state index contributed by atoms with van der Waals surface area (Å²) in [5.74, 6) is 1.76. The molecule has 0 amide bonds. The molecule has 15 heavy (non-hydrogen) atoms. The van der Waals surface area contributed by atoms with Gasteiger partial charge in [-0.2, -0.15) is 0 Å². The minimum Gasteiger partial charge on any atom is -0.122 e. The summed E-state index contributed by atoms with van der Waals surface area (Å²) < 4.78 is 0. The van der Waals surface area contributed by atoms with Gasteiger partial charge in [0.1, 0.15) is 0 Å². The summed E-state index contributed by atoms with van der Waals surface area (Å²) in [7, 11) is 0. The van der Waals surface area contributed by atoms with Gasteiger partial charge in [0.2, 0.25) is 0 Å². The van der Waals surface area contributed by atoms with E-state index in [0.29, 0.717) is 23.1 Å². The van der Waals surface area contributed by atoms with Crippen LogP contribution in [0, 0.1) is 5.92 Å². The molecule has 2 aliphatic carbocycles. The molecule has 0 N–H and O–H groups in total. The van der Waals surface area contributed by atoms with E-state index in [0.717, 1.165) is 6.42 Å². The lowest BCUT2D eigenvalue weighted by molar-refractivity contribution is 0.358. The van der Waals surface area contributed by atoms with Gasteiger partial charge in [-0.3, -0.25) is 0 Å². The number of halogens is 1. The number of rotatable bonds is 1. The van der Waals surface area contributed by atoms with Gasteiger partial charge in [0.15, 0.2) is 0 Å². The molecule has 1 aromatic rings. The first-order valence-corrected chi connectivity index (χ1v) is 6.12. The third-order valence-corrected chi connectivity index (χ3v) is 4.54. The highest BCUT2D eigenvalue weighted by Gasteiger charge is 2.45. The van der Waals surface area contributed by atoms with Crippen molar-refractivity contribution in [2.24, 2.45) is 5.92 Å². The van der Waals surface area contributed by atoms with E-state index in [-0.39, 0.29) is 0 Å². The molecule has 4 unspecified atom stereocenters. The molecule has 1 saturated carbocycles. The Balaban J connectivity index is 2.16. The maximum atomic E-state index is 6.46. The first-order valence-electron chi connectivity index (χ1n) is 5.68. The molecule has 0 aliphatic heterocycles. The van der Waals surface area contributed by atoms with Crippen molar-refractivity contribution in [1.29, 1.82) is 0 Å². The summed E-state index contributed by atoms with van der Waals surface area (Å²) in [6.07, 6.45) is 4.48. The fourth-order valence-electron chi connectivity index (χ4n) is 3.43. The molecular formula is C14H15Cl. The number of hydrogen-bond donors (Lipinski definition) is 0. The summed E-state index contributed by atoms with van der Waals surface area (Å²) >= 11 is 6.46. The second-order valence-corrected chi connectivity index (χ2v) is 5.23. The molecule has 1 fully saturated rings. The Morgan fingerprint density at radius 2 is 1.93 bits per heavy atom. The second kappa shape index (κ2) is 3.38. The Bertz CT molecular complexity index is 396. The minimum absolute atomic E-state index is 0.299. The molecule has 0 radical (unpaired) electrons. The molecule has 3 rings (SSSR count). The predicted octanol–water partition coefficient (Wildman–Crippen LogP) is 4.07. The van der Waals surface area contributed by atoms with Crippen molar-refractivity contribution in [2.75, 3.05) is 0 Å². The Kier molecular flexibility index (Phi) is 2.14. The van der Waals surface area contributed by atoms with E-state index >= 15 is 0 Å². The van der Waals surface area contributed by atoms with Crippen LogP contribution >= 0.6 is 11.6 Å². The molecule has 0 saturated heterocycles. The standard InChI is InChI=1S/C14H15Cl/c1-2-9-11-7-8-13(15)14(9)12-6-4-3-5-10(11)12/h2-6,9,11,13-14H,1,7-8H2. The summed E-state index contributed by atoms with van der Waals surface area (Å²) in [5.41, 5.74) is 3.00. The van der Waals surface area contributed by atoms with Crippen LogP contribution in [0.4, 0.5) is 0 Å². The maximum absolute atomic E-state index is 6.46. The Morgan fingerprint density at radius 1 is 1.20 bits per heavy atom. The lowest BCUT2D eigenvalue weighted by Gasteiger charge is -2.31. The summed E-state index contributed by atoms with van der Waals surface area (Å²) in [6.45, 7) is 3.98. The topological polar surface area (TPSA) is 0 Å². The van der Waals surface area contributed by atoms with Crippen LogP contribution in [0.2, 0.25) is 0 Å². The van der Waals surface area contributed by atoms with Crippen LogP contribution in [0.3, 0.4) is 0 Å². The molecule has 2 bridgehead atoms. The average molecular weight is 219 g/mol. The molecule has 0 heterocycles. The molecule has 4 atom stereocenters. The van der Waals surface area contributed by atoms with E-state index in [1.165, 1.54) is 17.5 Å². The summed E-state index contributed by atoms with van der Waals surface area (Å²) in [5, 5.41) is 0.299. The van der Waals surface area contributed by atoms with Crippen molar-refractivity contribution in [3.63, 3.8) is 0 Å². The minimum atomic E-state index is 0.299. The molecular weight excluding hydrogens is 204 g/mol. The summed E-state index contributed by atoms with van der Waals surface area (Å²) in [4.78, 5) is 0. The quantitative estimate of drug-likeness (QED) is 0.493. The van der Waals surface area contributed by atoms with E-state index in [2.05, 4.69) is 36.9 Å². The lowest BCUT2D eigenvalue weighted by atomic mass is 9.76. The first-order chi connectivity index (χ1) is 7.33. The Morgan fingerprint density at radius 3 is 2.67 bits per heavy atom. The maximum Gasteiger partial charge on any atom is 0.0410 e. The molecule has 0 nitrogen and oxygen atoms in total. The van der Waals surface area contributed by atoms with Crippen molar-refractivity contribution in [3.8, 4) is 0 Å². The van der Waals surface area contributed by atoms with Crippen molar-refractivity contribution in [1.82, 2.24) is 0 Å². The predicted molar refractivity (Wildman–Crippen MR) is 64.5 cm³/mol. The number of benzene rings is 1.